The van der Waals surface area contributed by atoms with Gasteiger partial charge < -0.3 is 4.98 Å². The van der Waals surface area contributed by atoms with E-state index in [9.17, 15) is 13.6 Å². The molecular formula is C12H7ClF2N2OS. The Hall–Kier alpha value is -1.40. The molecule has 19 heavy (non-hydrogen) atoms. The first kappa shape index (κ1) is 12.6. The first-order valence-electron chi connectivity index (χ1n) is 5.47. The van der Waals surface area contributed by atoms with Crippen LogP contribution < -0.4 is 5.56 Å². The fraction of sp³-hybridized carbons (Fsp3) is 0.167. The van der Waals surface area contributed by atoms with Gasteiger partial charge in [0, 0.05) is 12.2 Å². The van der Waals surface area contributed by atoms with Gasteiger partial charge in [-0.1, -0.05) is 11.6 Å². The number of hydrogen-bond acceptors (Lipinski definition) is 3. The third-order valence-electron chi connectivity index (χ3n) is 2.80. The van der Waals surface area contributed by atoms with Gasteiger partial charge in [-0.2, -0.15) is 0 Å². The fourth-order valence-electron chi connectivity index (χ4n) is 1.91. The van der Waals surface area contributed by atoms with Crippen LogP contribution in [0.25, 0.3) is 11.4 Å². The van der Waals surface area contributed by atoms with Crippen LogP contribution in [0, 0.1) is 11.6 Å². The first-order valence-corrected chi connectivity index (χ1v) is 6.83. The van der Waals surface area contributed by atoms with E-state index < -0.39 is 11.6 Å². The molecule has 2 aromatic rings. The largest absolute Gasteiger partial charge is 0.305 e. The zero-order valence-electron chi connectivity index (χ0n) is 9.47. The van der Waals surface area contributed by atoms with Gasteiger partial charge in [0.1, 0.15) is 17.5 Å². The summed E-state index contributed by atoms with van der Waals surface area (Å²) in [6, 6.07) is 1.80. The Morgan fingerprint density at radius 3 is 2.89 bits per heavy atom. The van der Waals surface area contributed by atoms with Gasteiger partial charge in [0.2, 0.25) is 0 Å². The molecule has 98 valence electrons. The summed E-state index contributed by atoms with van der Waals surface area (Å²) in [7, 11) is 0. The van der Waals surface area contributed by atoms with E-state index in [0.29, 0.717) is 17.0 Å². The molecule has 1 aromatic heterocycles. The molecule has 1 N–H and O–H groups in total. The van der Waals surface area contributed by atoms with Crippen LogP contribution in [0.15, 0.2) is 21.8 Å². The van der Waals surface area contributed by atoms with Crippen molar-refractivity contribution >= 4 is 23.4 Å². The van der Waals surface area contributed by atoms with Crippen molar-refractivity contribution in [3.05, 3.63) is 44.8 Å². The van der Waals surface area contributed by atoms with E-state index in [0.717, 1.165) is 17.9 Å². The molecule has 0 fully saturated rings. The maximum atomic E-state index is 13.8. The maximum Gasteiger partial charge on any atom is 0.265 e. The minimum Gasteiger partial charge on any atom is -0.305 e. The second-order valence-electron chi connectivity index (χ2n) is 4.03. The third kappa shape index (κ3) is 2.15. The quantitative estimate of drug-likeness (QED) is 0.824. The summed E-state index contributed by atoms with van der Waals surface area (Å²) in [4.78, 5) is 19.0. The summed E-state index contributed by atoms with van der Waals surface area (Å²) in [5, 5.41) is -0.305. The number of halogens is 3. The fourth-order valence-corrected chi connectivity index (χ4v) is 3.06. The normalized spacial score (nSPS) is 13.6. The zero-order chi connectivity index (χ0) is 13.6. The van der Waals surface area contributed by atoms with Crippen LogP contribution in [0.3, 0.4) is 0 Å². The molecule has 1 aliphatic heterocycles. The molecule has 1 aromatic carbocycles. The van der Waals surface area contributed by atoms with Crippen LogP contribution in [-0.4, -0.2) is 15.7 Å². The second-order valence-corrected chi connectivity index (χ2v) is 5.55. The van der Waals surface area contributed by atoms with Gasteiger partial charge in [0.25, 0.3) is 5.56 Å². The van der Waals surface area contributed by atoms with Gasteiger partial charge in [0.15, 0.2) is 0 Å². The predicted molar refractivity (Wildman–Crippen MR) is 69.6 cm³/mol. The second kappa shape index (κ2) is 4.61. The van der Waals surface area contributed by atoms with Crippen LogP contribution in [0.2, 0.25) is 5.02 Å². The van der Waals surface area contributed by atoms with Crippen molar-refractivity contribution in [3.63, 3.8) is 0 Å². The Bertz CT molecular complexity index is 732. The Morgan fingerprint density at radius 1 is 1.32 bits per heavy atom. The van der Waals surface area contributed by atoms with Crippen molar-refractivity contribution in [1.29, 1.82) is 0 Å². The molecule has 1 aliphatic rings. The summed E-state index contributed by atoms with van der Waals surface area (Å²) in [5.74, 6) is -0.679. The summed E-state index contributed by atoms with van der Waals surface area (Å²) in [6.45, 7) is 0. The summed E-state index contributed by atoms with van der Waals surface area (Å²) < 4.78 is 27.2. The standard InChI is InChI=1S/C12H7ClF2N2OS/c13-6-4-7(14)5(3-8(6)15)11-16-9-1-2-19-10(9)12(18)17-11/h3-4H,1-2H2,(H,16,17,18). The molecule has 0 radical (unpaired) electrons. The number of benzene rings is 1. The number of nitrogens with zero attached hydrogens (tertiary/aromatic N) is 1. The molecule has 3 nitrogen and oxygen atoms in total. The first-order chi connectivity index (χ1) is 9.06. The average molecular weight is 301 g/mol. The van der Waals surface area contributed by atoms with Crippen LogP contribution in [0.4, 0.5) is 8.78 Å². The Morgan fingerprint density at radius 2 is 2.11 bits per heavy atom. The highest BCUT2D eigenvalue weighted by Crippen LogP contribution is 2.29. The number of aromatic nitrogens is 2. The predicted octanol–water partition coefficient (Wildman–Crippen LogP) is 3.02. The van der Waals surface area contributed by atoms with Crippen molar-refractivity contribution < 1.29 is 8.78 Å². The molecule has 0 amide bonds. The lowest BCUT2D eigenvalue weighted by atomic mass is 10.2. The smallest absolute Gasteiger partial charge is 0.265 e. The highest BCUT2D eigenvalue weighted by molar-refractivity contribution is 7.99. The van der Waals surface area contributed by atoms with E-state index in [-0.39, 0.29) is 22.0 Å². The Balaban J connectivity index is 2.21. The van der Waals surface area contributed by atoms with Gasteiger partial charge in [0.05, 0.1) is 21.2 Å². The number of hydrogen-bond donors (Lipinski definition) is 1. The molecule has 0 unspecified atom stereocenters. The van der Waals surface area contributed by atoms with Crippen molar-refractivity contribution in [2.24, 2.45) is 0 Å². The molecule has 0 saturated heterocycles. The third-order valence-corrected chi connectivity index (χ3v) is 4.20. The van der Waals surface area contributed by atoms with Gasteiger partial charge in [-0.05, 0) is 12.1 Å². The van der Waals surface area contributed by atoms with Gasteiger partial charge in [-0.15, -0.1) is 11.8 Å². The summed E-state index contributed by atoms with van der Waals surface area (Å²) >= 11 is 6.90. The number of H-pyrrole nitrogens is 1. The molecule has 0 aliphatic carbocycles. The van der Waals surface area contributed by atoms with Gasteiger partial charge >= 0.3 is 0 Å². The summed E-state index contributed by atoms with van der Waals surface area (Å²) in [6.07, 6.45) is 0.647. The molecule has 0 atom stereocenters. The molecule has 0 bridgehead atoms. The van der Waals surface area contributed by atoms with Crippen LogP contribution in [0.1, 0.15) is 5.69 Å². The molecule has 0 saturated carbocycles. The number of rotatable bonds is 1. The number of fused-ring (bicyclic) bond motifs is 1. The lowest BCUT2D eigenvalue weighted by Gasteiger charge is -2.06. The van der Waals surface area contributed by atoms with E-state index in [2.05, 4.69) is 9.97 Å². The molecule has 2 heterocycles. The number of aromatic amines is 1. The molecule has 3 rings (SSSR count). The molecule has 0 spiro atoms. The van der Waals surface area contributed by atoms with Gasteiger partial charge in [-0.25, -0.2) is 13.8 Å². The Kier molecular flexibility index (Phi) is 3.06. The minimum atomic E-state index is -0.754. The summed E-state index contributed by atoms with van der Waals surface area (Å²) in [5.41, 5.74) is 0.203. The number of nitrogens with one attached hydrogen (secondary N) is 1. The molecular weight excluding hydrogens is 294 g/mol. The van der Waals surface area contributed by atoms with Crippen LogP contribution >= 0.6 is 23.4 Å². The average Bonchev–Trinajstić information content (AvgIpc) is 2.82. The van der Waals surface area contributed by atoms with Crippen LogP contribution in [-0.2, 0) is 6.42 Å². The monoisotopic (exact) mass is 300 g/mol. The minimum absolute atomic E-state index is 0.0271. The number of thioether (sulfide) groups is 1. The van der Waals surface area contributed by atoms with E-state index >= 15 is 0 Å². The number of aryl methyl sites for hydroxylation is 1. The lowest BCUT2D eigenvalue weighted by Crippen LogP contribution is -2.13. The topological polar surface area (TPSA) is 45.8 Å². The van der Waals surface area contributed by atoms with Crippen LogP contribution in [0.5, 0.6) is 0 Å². The highest BCUT2D eigenvalue weighted by Gasteiger charge is 2.20. The van der Waals surface area contributed by atoms with E-state index in [4.69, 9.17) is 11.6 Å². The zero-order valence-corrected chi connectivity index (χ0v) is 11.0. The van der Waals surface area contributed by atoms with Crippen molar-refractivity contribution in [3.8, 4) is 11.4 Å². The van der Waals surface area contributed by atoms with Gasteiger partial charge in [-0.3, -0.25) is 4.79 Å². The maximum absolute atomic E-state index is 13.8. The van der Waals surface area contributed by atoms with E-state index in [1.807, 2.05) is 0 Å². The van der Waals surface area contributed by atoms with E-state index in [1.165, 1.54) is 11.8 Å². The lowest BCUT2D eigenvalue weighted by molar-refractivity contribution is 0.602. The van der Waals surface area contributed by atoms with Crippen molar-refractivity contribution in [1.82, 2.24) is 9.97 Å². The van der Waals surface area contributed by atoms with Crippen molar-refractivity contribution in [2.45, 2.75) is 11.3 Å². The highest BCUT2D eigenvalue weighted by atomic mass is 35.5. The van der Waals surface area contributed by atoms with Crippen molar-refractivity contribution in [2.75, 3.05) is 5.75 Å². The molecule has 7 heteroatoms. The SMILES string of the molecule is O=c1[nH]c(-c2cc(F)c(Cl)cc2F)nc2c1SCC2. The Labute approximate surface area is 116 Å². The van der Waals surface area contributed by atoms with E-state index in [1.54, 1.807) is 0 Å².